The molecule has 0 aliphatic heterocycles. The lowest BCUT2D eigenvalue weighted by Gasteiger charge is -2.53. The van der Waals surface area contributed by atoms with E-state index in [4.69, 9.17) is 0 Å². The molecule has 59 heavy (non-hydrogen) atoms. The highest BCUT2D eigenvalue weighted by Crippen LogP contribution is 2.67. The van der Waals surface area contributed by atoms with Crippen molar-refractivity contribution in [1.82, 2.24) is 0 Å². The van der Waals surface area contributed by atoms with E-state index in [1.54, 1.807) is 11.1 Å². The number of rotatable bonds is 5. The lowest BCUT2D eigenvalue weighted by Crippen LogP contribution is -2.48. The van der Waals surface area contributed by atoms with E-state index in [1.807, 2.05) is 0 Å². The summed E-state index contributed by atoms with van der Waals surface area (Å²) >= 11 is 0. The number of fused-ring (bicyclic) bond motifs is 7. The lowest BCUT2D eigenvalue weighted by molar-refractivity contribution is 0.0618. The van der Waals surface area contributed by atoms with Crippen LogP contribution in [0.1, 0.15) is 80.2 Å². The fourth-order valence-electron chi connectivity index (χ4n) is 13.2. The summed E-state index contributed by atoms with van der Waals surface area (Å²) in [5.41, 5.74) is 19.5. The molecule has 1 spiro atoms. The second-order valence-corrected chi connectivity index (χ2v) is 18.8. The molecule has 4 fully saturated rings. The fraction of sp³-hybridized carbons (Fsp3) is 0.246. The molecule has 4 saturated carbocycles. The first-order valence-electron chi connectivity index (χ1n) is 21.9. The zero-order valence-electron chi connectivity index (χ0n) is 34.0. The van der Waals surface area contributed by atoms with Crippen LogP contribution in [-0.2, 0) is 10.8 Å². The van der Waals surface area contributed by atoms with Crippen molar-refractivity contribution in [3.8, 4) is 50.6 Å². The van der Waals surface area contributed by atoms with Crippen LogP contribution in [0.25, 0.3) is 44.5 Å². The van der Waals surface area contributed by atoms with Gasteiger partial charge in [0.2, 0.25) is 0 Å². The van der Waals surface area contributed by atoms with Crippen molar-refractivity contribution in [2.45, 2.75) is 63.2 Å². The molecule has 2 nitrogen and oxygen atoms in total. The van der Waals surface area contributed by atoms with Crippen LogP contribution >= 0.6 is 0 Å². The predicted octanol–water partition coefficient (Wildman–Crippen LogP) is 14.8. The predicted molar refractivity (Wildman–Crippen MR) is 242 cm³/mol. The van der Waals surface area contributed by atoms with E-state index in [0.717, 1.165) is 45.9 Å². The van der Waals surface area contributed by atoms with Gasteiger partial charge >= 0.3 is 0 Å². The van der Waals surface area contributed by atoms with Gasteiger partial charge in [0.05, 0.1) is 11.6 Å². The second kappa shape index (κ2) is 12.9. The first-order chi connectivity index (χ1) is 28.9. The van der Waals surface area contributed by atoms with Gasteiger partial charge in [-0.1, -0.05) is 136 Å². The molecule has 6 aliphatic carbocycles. The SMILES string of the molecule is CC1(C)c2ccccc2-c2ccc(N(c3ccc(-c4ccccc4)cc3)c3ccc(-c4ccc5c(c4)-c4ccccc4C54C5CCC6CC(C5)CC4C6)c(C#N)c3)cc21. The quantitative estimate of drug-likeness (QED) is 0.175. The van der Waals surface area contributed by atoms with Crippen molar-refractivity contribution in [3.63, 3.8) is 0 Å². The average Bonchev–Trinajstić information content (AvgIpc) is 3.58. The first kappa shape index (κ1) is 34.8. The second-order valence-electron chi connectivity index (χ2n) is 18.8. The number of nitriles is 1. The molecule has 4 bridgehead atoms. The van der Waals surface area contributed by atoms with Gasteiger partial charge in [-0.3, -0.25) is 0 Å². The molecule has 286 valence electrons. The summed E-state index contributed by atoms with van der Waals surface area (Å²) in [6, 6.07) is 60.9. The third-order valence-corrected chi connectivity index (χ3v) is 15.6. The van der Waals surface area contributed by atoms with Gasteiger partial charge in [0.15, 0.2) is 0 Å². The molecular weight excluding hydrogens is 713 g/mol. The summed E-state index contributed by atoms with van der Waals surface area (Å²) in [6.07, 6.45) is 8.35. The van der Waals surface area contributed by atoms with Gasteiger partial charge in [-0.05, 0) is 165 Å². The fourth-order valence-corrected chi connectivity index (χ4v) is 13.2. The number of nitrogens with zero attached hydrogens (tertiary/aromatic N) is 2. The minimum absolute atomic E-state index is 0.125. The summed E-state index contributed by atoms with van der Waals surface area (Å²) in [6.45, 7) is 4.68. The molecular formula is C57H48N2. The van der Waals surface area contributed by atoms with Gasteiger partial charge < -0.3 is 4.90 Å². The van der Waals surface area contributed by atoms with Crippen molar-refractivity contribution in [3.05, 3.63) is 186 Å². The Labute approximate surface area is 348 Å². The van der Waals surface area contributed by atoms with Crippen LogP contribution in [0.4, 0.5) is 17.1 Å². The van der Waals surface area contributed by atoms with E-state index in [2.05, 4.69) is 183 Å². The van der Waals surface area contributed by atoms with Crippen LogP contribution < -0.4 is 4.90 Å². The molecule has 6 aliphatic rings. The van der Waals surface area contributed by atoms with Crippen LogP contribution in [0, 0.1) is 35.0 Å². The third kappa shape index (κ3) is 5.04. The highest BCUT2D eigenvalue weighted by Gasteiger charge is 2.59. The molecule has 7 aromatic carbocycles. The van der Waals surface area contributed by atoms with E-state index in [-0.39, 0.29) is 10.8 Å². The summed E-state index contributed by atoms with van der Waals surface area (Å²) in [7, 11) is 0. The zero-order chi connectivity index (χ0) is 39.5. The van der Waals surface area contributed by atoms with Crippen LogP contribution in [-0.4, -0.2) is 0 Å². The monoisotopic (exact) mass is 760 g/mol. The molecule has 0 radical (unpaired) electrons. The Morgan fingerprint density at radius 3 is 1.85 bits per heavy atom. The van der Waals surface area contributed by atoms with Gasteiger partial charge in [0.25, 0.3) is 0 Å². The number of benzene rings is 7. The standard InChI is InChI=1S/C57H48N2/c1-56(2)52-14-8-6-12-48(52)50-26-24-46(34-55(50)56)59(44-21-17-39(18-22-44)38-10-4-3-5-11-38)45-23-25-47(41(32-45)35-58)40-19-27-54-51(33-40)49-13-7-9-15-53(49)57(54)42-20-16-36-28-37(30-42)31-43(57)29-36/h3-15,17-19,21-27,32-34,36-37,42-43H,16,20,28-31H2,1-2H3. The summed E-state index contributed by atoms with van der Waals surface area (Å²) in [4.78, 5) is 2.33. The normalized spacial score (nSPS) is 23.5. The molecule has 5 unspecified atom stereocenters. The Hall–Kier alpha value is -6.17. The van der Waals surface area contributed by atoms with E-state index in [9.17, 15) is 5.26 Å². The van der Waals surface area contributed by atoms with Crippen molar-refractivity contribution in [2.24, 2.45) is 23.7 Å². The number of hydrogen-bond acceptors (Lipinski definition) is 2. The Kier molecular flexibility index (Phi) is 7.62. The average molecular weight is 761 g/mol. The minimum Gasteiger partial charge on any atom is -0.310 e. The smallest absolute Gasteiger partial charge is 0.0998 e. The van der Waals surface area contributed by atoms with Crippen LogP contribution in [0.5, 0.6) is 0 Å². The van der Waals surface area contributed by atoms with Crippen molar-refractivity contribution in [1.29, 1.82) is 5.26 Å². The molecule has 0 amide bonds. The van der Waals surface area contributed by atoms with Crippen LogP contribution in [0.2, 0.25) is 0 Å². The molecule has 2 heteroatoms. The Balaban J connectivity index is 0.974. The lowest BCUT2D eigenvalue weighted by atomic mass is 9.51. The molecule has 7 aromatic rings. The largest absolute Gasteiger partial charge is 0.310 e. The summed E-state index contributed by atoms with van der Waals surface area (Å²) < 4.78 is 0. The molecule has 0 heterocycles. The summed E-state index contributed by atoms with van der Waals surface area (Å²) in [5, 5.41) is 10.9. The van der Waals surface area contributed by atoms with E-state index < -0.39 is 0 Å². The van der Waals surface area contributed by atoms with Crippen molar-refractivity contribution in [2.75, 3.05) is 4.90 Å². The van der Waals surface area contributed by atoms with Gasteiger partial charge in [-0.25, -0.2) is 0 Å². The number of anilines is 3. The van der Waals surface area contributed by atoms with Crippen LogP contribution in [0.3, 0.4) is 0 Å². The van der Waals surface area contributed by atoms with Crippen molar-refractivity contribution < 1.29 is 0 Å². The maximum absolute atomic E-state index is 10.9. The Morgan fingerprint density at radius 1 is 0.458 bits per heavy atom. The topological polar surface area (TPSA) is 27.0 Å². The highest BCUT2D eigenvalue weighted by atomic mass is 15.1. The van der Waals surface area contributed by atoms with Crippen LogP contribution in [0.15, 0.2) is 158 Å². The molecule has 5 atom stereocenters. The molecule has 13 rings (SSSR count). The maximum Gasteiger partial charge on any atom is 0.0998 e. The summed E-state index contributed by atoms with van der Waals surface area (Å²) in [5.74, 6) is 3.25. The third-order valence-electron chi connectivity index (χ3n) is 15.6. The minimum atomic E-state index is -0.132. The van der Waals surface area contributed by atoms with Gasteiger partial charge in [0.1, 0.15) is 0 Å². The van der Waals surface area contributed by atoms with E-state index in [1.165, 1.54) is 83.0 Å². The maximum atomic E-state index is 10.9. The first-order valence-corrected chi connectivity index (χ1v) is 21.9. The Bertz CT molecular complexity index is 2850. The number of hydrogen-bond donors (Lipinski definition) is 0. The van der Waals surface area contributed by atoms with E-state index >= 15 is 0 Å². The van der Waals surface area contributed by atoms with Crippen molar-refractivity contribution >= 4 is 17.1 Å². The Morgan fingerprint density at radius 2 is 1.05 bits per heavy atom. The van der Waals surface area contributed by atoms with Gasteiger partial charge in [-0.2, -0.15) is 5.26 Å². The van der Waals surface area contributed by atoms with Gasteiger partial charge in [-0.15, -0.1) is 0 Å². The zero-order valence-corrected chi connectivity index (χ0v) is 34.0. The van der Waals surface area contributed by atoms with Gasteiger partial charge in [0, 0.05) is 27.9 Å². The molecule has 0 N–H and O–H groups in total. The molecule has 0 saturated heterocycles. The molecule has 0 aromatic heterocycles. The van der Waals surface area contributed by atoms with E-state index in [0.29, 0.717) is 11.5 Å². The highest BCUT2D eigenvalue weighted by molar-refractivity contribution is 5.89.